The van der Waals surface area contributed by atoms with Gasteiger partial charge in [-0.05, 0) is 68.3 Å². The molecule has 1 saturated carbocycles. The minimum absolute atomic E-state index is 0.403. The van der Waals surface area contributed by atoms with Crippen molar-refractivity contribution in [3.8, 4) is 0 Å². The fourth-order valence-corrected chi connectivity index (χ4v) is 4.56. The molecule has 0 saturated heterocycles. The van der Waals surface area contributed by atoms with Crippen LogP contribution in [0, 0.1) is 17.3 Å². The molecular formula is C16H28OSi. The summed E-state index contributed by atoms with van der Waals surface area (Å²) >= 11 is 0. The fourth-order valence-electron chi connectivity index (χ4n) is 3.71. The third-order valence-electron chi connectivity index (χ3n) is 4.55. The lowest BCUT2D eigenvalue weighted by Crippen LogP contribution is -2.30. The third-order valence-corrected chi connectivity index (χ3v) is 5.40. The molecule has 0 aromatic carbocycles. The molecule has 2 atom stereocenters. The van der Waals surface area contributed by atoms with Crippen molar-refractivity contribution in [2.24, 2.45) is 17.3 Å². The second-order valence-corrected chi connectivity index (χ2v) is 11.9. The van der Waals surface area contributed by atoms with Gasteiger partial charge >= 0.3 is 0 Å². The second kappa shape index (κ2) is 4.55. The summed E-state index contributed by atoms with van der Waals surface area (Å²) < 4.78 is 6.15. The topological polar surface area (TPSA) is 9.23 Å². The zero-order valence-corrected chi connectivity index (χ0v) is 13.8. The van der Waals surface area contributed by atoms with E-state index in [-0.39, 0.29) is 0 Å². The van der Waals surface area contributed by atoms with Gasteiger partial charge in [-0.25, -0.2) is 0 Å². The van der Waals surface area contributed by atoms with Crippen LogP contribution in [0.2, 0.25) is 19.6 Å². The molecule has 0 aliphatic heterocycles. The number of allylic oxidation sites excluding steroid dienone is 3. The SMILES string of the molecule is CC(C)[C@H]1CCC2=CC(O[Si](C)(C)C)=CC[C@@]21C. The average molecular weight is 264 g/mol. The minimum atomic E-state index is -1.46. The Morgan fingerprint density at radius 1 is 1.33 bits per heavy atom. The van der Waals surface area contributed by atoms with E-state index in [0.29, 0.717) is 5.41 Å². The number of hydrogen-bond acceptors (Lipinski definition) is 1. The van der Waals surface area contributed by atoms with E-state index in [9.17, 15) is 0 Å². The molecule has 0 heterocycles. The van der Waals surface area contributed by atoms with Gasteiger partial charge in [-0.1, -0.05) is 26.3 Å². The summed E-state index contributed by atoms with van der Waals surface area (Å²) in [4.78, 5) is 0. The van der Waals surface area contributed by atoms with Gasteiger partial charge in [0, 0.05) is 0 Å². The smallest absolute Gasteiger partial charge is 0.242 e. The molecule has 2 heteroatoms. The van der Waals surface area contributed by atoms with E-state index in [1.54, 1.807) is 5.57 Å². The van der Waals surface area contributed by atoms with Crippen molar-refractivity contribution in [2.75, 3.05) is 0 Å². The maximum atomic E-state index is 6.15. The largest absolute Gasteiger partial charge is 0.545 e. The van der Waals surface area contributed by atoms with E-state index in [0.717, 1.165) is 17.6 Å². The van der Waals surface area contributed by atoms with Gasteiger partial charge in [0.25, 0.3) is 0 Å². The van der Waals surface area contributed by atoms with E-state index in [4.69, 9.17) is 4.43 Å². The van der Waals surface area contributed by atoms with E-state index >= 15 is 0 Å². The first-order chi connectivity index (χ1) is 8.22. The molecular weight excluding hydrogens is 236 g/mol. The van der Waals surface area contributed by atoms with Crippen molar-refractivity contribution in [3.63, 3.8) is 0 Å². The van der Waals surface area contributed by atoms with Crippen LogP contribution in [0.15, 0.2) is 23.5 Å². The Bertz CT molecular complexity index is 386. The highest BCUT2D eigenvalue weighted by molar-refractivity contribution is 6.70. The van der Waals surface area contributed by atoms with Crippen molar-refractivity contribution in [1.82, 2.24) is 0 Å². The zero-order valence-electron chi connectivity index (χ0n) is 12.8. The Morgan fingerprint density at radius 2 is 2.00 bits per heavy atom. The molecule has 0 aromatic heterocycles. The Morgan fingerprint density at radius 3 is 2.56 bits per heavy atom. The van der Waals surface area contributed by atoms with Gasteiger partial charge in [-0.15, -0.1) is 0 Å². The predicted octanol–water partition coefficient (Wildman–Crippen LogP) is 5.12. The summed E-state index contributed by atoms with van der Waals surface area (Å²) in [6.07, 6.45) is 8.48. The Hall–Kier alpha value is -0.503. The highest BCUT2D eigenvalue weighted by atomic mass is 28.4. The van der Waals surface area contributed by atoms with Crippen LogP contribution in [0.25, 0.3) is 0 Å². The summed E-state index contributed by atoms with van der Waals surface area (Å²) in [5, 5.41) is 0. The second-order valence-electron chi connectivity index (χ2n) is 7.50. The van der Waals surface area contributed by atoms with Crippen LogP contribution >= 0.6 is 0 Å². The fraction of sp³-hybridized carbons (Fsp3) is 0.750. The lowest BCUT2D eigenvalue weighted by atomic mass is 9.68. The van der Waals surface area contributed by atoms with Crippen molar-refractivity contribution in [3.05, 3.63) is 23.5 Å². The van der Waals surface area contributed by atoms with Crippen LogP contribution in [-0.4, -0.2) is 8.32 Å². The van der Waals surface area contributed by atoms with Crippen molar-refractivity contribution in [1.29, 1.82) is 0 Å². The van der Waals surface area contributed by atoms with Crippen LogP contribution in [0.1, 0.15) is 40.0 Å². The van der Waals surface area contributed by atoms with Gasteiger partial charge < -0.3 is 4.43 Å². The zero-order chi connectivity index (χ0) is 13.6. The molecule has 2 aliphatic carbocycles. The minimum Gasteiger partial charge on any atom is -0.545 e. The molecule has 2 rings (SSSR count). The first-order valence-electron chi connectivity index (χ1n) is 7.32. The maximum Gasteiger partial charge on any atom is 0.242 e. The quantitative estimate of drug-likeness (QED) is 0.643. The van der Waals surface area contributed by atoms with Crippen molar-refractivity contribution >= 4 is 8.32 Å². The molecule has 18 heavy (non-hydrogen) atoms. The van der Waals surface area contributed by atoms with Crippen molar-refractivity contribution < 1.29 is 4.43 Å². The summed E-state index contributed by atoms with van der Waals surface area (Å²) in [6.45, 7) is 14.0. The van der Waals surface area contributed by atoms with Crippen LogP contribution in [0.3, 0.4) is 0 Å². The lowest BCUT2D eigenvalue weighted by molar-refractivity contribution is 0.206. The molecule has 0 bridgehead atoms. The van der Waals surface area contributed by atoms with Gasteiger partial charge in [-0.2, -0.15) is 0 Å². The highest BCUT2D eigenvalue weighted by Crippen LogP contribution is 2.54. The van der Waals surface area contributed by atoms with Crippen LogP contribution in [-0.2, 0) is 4.43 Å². The van der Waals surface area contributed by atoms with Crippen LogP contribution in [0.5, 0.6) is 0 Å². The maximum absolute atomic E-state index is 6.15. The molecule has 2 aliphatic rings. The van der Waals surface area contributed by atoms with Crippen molar-refractivity contribution in [2.45, 2.75) is 59.7 Å². The first kappa shape index (κ1) is 13.9. The molecule has 0 aromatic rings. The molecule has 1 fully saturated rings. The summed E-state index contributed by atoms with van der Waals surface area (Å²) in [5.41, 5.74) is 2.04. The van der Waals surface area contributed by atoms with E-state index in [2.05, 4.69) is 52.6 Å². The highest BCUT2D eigenvalue weighted by Gasteiger charge is 2.44. The summed E-state index contributed by atoms with van der Waals surface area (Å²) in [6, 6.07) is 0. The van der Waals surface area contributed by atoms with Gasteiger partial charge in [-0.3, -0.25) is 0 Å². The summed E-state index contributed by atoms with van der Waals surface area (Å²) in [7, 11) is -1.46. The van der Waals surface area contributed by atoms with E-state index in [1.807, 2.05) is 0 Å². The monoisotopic (exact) mass is 264 g/mol. The predicted molar refractivity (Wildman–Crippen MR) is 80.9 cm³/mol. The molecule has 0 spiro atoms. The van der Waals surface area contributed by atoms with E-state index < -0.39 is 8.32 Å². The van der Waals surface area contributed by atoms with Gasteiger partial charge in [0.1, 0.15) is 0 Å². The van der Waals surface area contributed by atoms with E-state index in [1.165, 1.54) is 19.3 Å². The Labute approximate surface area is 113 Å². The molecule has 1 nitrogen and oxygen atoms in total. The molecule has 0 amide bonds. The van der Waals surface area contributed by atoms with Gasteiger partial charge in [0.05, 0.1) is 5.76 Å². The average Bonchev–Trinajstić information content (AvgIpc) is 2.53. The molecule has 102 valence electrons. The standard InChI is InChI=1S/C16H28OSi/c1-12(2)15-8-7-13-11-14(17-18(4,5)6)9-10-16(13,15)3/h9,11-12,15H,7-8,10H2,1-6H3/t15-,16+/m1/s1. The molecule has 0 unspecified atom stereocenters. The number of rotatable bonds is 3. The third kappa shape index (κ3) is 2.58. The van der Waals surface area contributed by atoms with Gasteiger partial charge in [0.2, 0.25) is 8.32 Å². The molecule has 0 N–H and O–H groups in total. The van der Waals surface area contributed by atoms with Gasteiger partial charge in [0.15, 0.2) is 0 Å². The Kier molecular flexibility index (Phi) is 3.52. The summed E-state index contributed by atoms with van der Waals surface area (Å²) in [5.74, 6) is 2.77. The lowest BCUT2D eigenvalue weighted by Gasteiger charge is -2.37. The van der Waals surface area contributed by atoms with Crippen LogP contribution < -0.4 is 0 Å². The normalized spacial score (nSPS) is 32.1. The van der Waals surface area contributed by atoms with Crippen LogP contribution in [0.4, 0.5) is 0 Å². The number of hydrogen-bond donors (Lipinski definition) is 0. The molecule has 0 radical (unpaired) electrons. The number of fused-ring (bicyclic) bond motifs is 1. The first-order valence-corrected chi connectivity index (χ1v) is 10.7. The Balaban J connectivity index is 2.18.